The Morgan fingerprint density at radius 1 is 1.73 bits per heavy atom. The van der Waals surface area contributed by atoms with Gasteiger partial charge < -0.3 is 11.1 Å². The van der Waals surface area contributed by atoms with E-state index in [4.69, 9.17) is 5.73 Å². The van der Waals surface area contributed by atoms with Gasteiger partial charge in [-0.3, -0.25) is 4.99 Å². The minimum atomic E-state index is 0. The number of nitrogens with one attached hydrogen (secondary N) is 1. The van der Waals surface area contributed by atoms with E-state index < -0.39 is 0 Å². The third kappa shape index (κ3) is 3.60. The summed E-state index contributed by atoms with van der Waals surface area (Å²) in [4.78, 5) is 8.34. The van der Waals surface area contributed by atoms with Crippen molar-refractivity contribution in [1.29, 1.82) is 0 Å². The van der Waals surface area contributed by atoms with Crippen LogP contribution >= 0.6 is 35.3 Å². The Morgan fingerprint density at radius 2 is 2.47 bits per heavy atom. The number of guanidine groups is 1. The van der Waals surface area contributed by atoms with Gasteiger partial charge in [0.25, 0.3) is 0 Å². The number of hydrogen-bond donors (Lipinski definition) is 2. The lowest BCUT2D eigenvalue weighted by Crippen LogP contribution is -2.30. The average Bonchev–Trinajstić information content (AvgIpc) is 2.95. The van der Waals surface area contributed by atoms with E-state index in [2.05, 4.69) is 20.7 Å². The van der Waals surface area contributed by atoms with Crippen molar-refractivity contribution in [2.45, 2.75) is 25.3 Å². The first-order valence-corrected chi connectivity index (χ1v) is 5.58. The Balaban J connectivity index is 0.00000112. The molecular weight excluding hydrogens is 323 g/mol. The van der Waals surface area contributed by atoms with Crippen molar-refractivity contribution in [3.05, 3.63) is 16.1 Å². The molecular formula is C9H15IN4S. The predicted molar refractivity (Wildman–Crippen MR) is 73.9 cm³/mol. The maximum Gasteiger partial charge on any atom is 0.188 e. The smallest absolute Gasteiger partial charge is 0.188 e. The van der Waals surface area contributed by atoms with Gasteiger partial charge in [0.15, 0.2) is 5.96 Å². The molecule has 0 bridgehead atoms. The van der Waals surface area contributed by atoms with Crippen LogP contribution in [-0.2, 0) is 6.54 Å². The monoisotopic (exact) mass is 338 g/mol. The number of aliphatic imine (C=N–C) groups is 1. The molecule has 1 fully saturated rings. The summed E-state index contributed by atoms with van der Waals surface area (Å²) >= 11 is 1.69. The van der Waals surface area contributed by atoms with E-state index in [1.807, 2.05) is 0 Å². The Kier molecular flexibility index (Phi) is 4.78. The molecule has 1 aliphatic rings. The topological polar surface area (TPSA) is 63.3 Å². The second-order valence-electron chi connectivity index (χ2n) is 3.40. The molecule has 0 aromatic carbocycles. The van der Waals surface area contributed by atoms with E-state index in [1.165, 1.54) is 18.5 Å². The zero-order valence-electron chi connectivity index (χ0n) is 8.56. The average molecular weight is 338 g/mol. The third-order valence-corrected chi connectivity index (χ3v) is 3.09. The number of halogens is 1. The molecule has 0 atom stereocenters. The minimum Gasteiger partial charge on any atom is -0.370 e. The summed E-state index contributed by atoms with van der Waals surface area (Å²) < 4.78 is 0. The molecule has 84 valence electrons. The van der Waals surface area contributed by atoms with Gasteiger partial charge in [-0.2, -0.15) is 0 Å². The zero-order valence-corrected chi connectivity index (χ0v) is 11.7. The molecule has 15 heavy (non-hydrogen) atoms. The highest BCUT2D eigenvalue weighted by molar-refractivity contribution is 14.0. The highest BCUT2D eigenvalue weighted by Gasteiger charge is 2.25. The summed E-state index contributed by atoms with van der Waals surface area (Å²) in [6, 6.07) is 0. The number of aromatic nitrogens is 1. The highest BCUT2D eigenvalue weighted by atomic mass is 127. The van der Waals surface area contributed by atoms with E-state index in [0.29, 0.717) is 12.5 Å². The summed E-state index contributed by atoms with van der Waals surface area (Å²) in [7, 11) is 1.67. The Hall–Kier alpha value is -0.370. The molecule has 0 spiro atoms. The first-order chi connectivity index (χ1) is 6.79. The van der Waals surface area contributed by atoms with Crippen LogP contribution < -0.4 is 11.1 Å². The Bertz CT molecular complexity index is 346. The number of thiazole rings is 1. The van der Waals surface area contributed by atoms with Crippen molar-refractivity contribution in [1.82, 2.24) is 10.3 Å². The van der Waals surface area contributed by atoms with Crippen LogP contribution in [0, 0.1) is 0 Å². The van der Waals surface area contributed by atoms with E-state index in [0.717, 1.165) is 10.9 Å². The molecule has 0 saturated heterocycles. The van der Waals surface area contributed by atoms with Gasteiger partial charge in [0.2, 0.25) is 0 Å². The van der Waals surface area contributed by atoms with Gasteiger partial charge in [-0.15, -0.1) is 35.3 Å². The lowest BCUT2D eigenvalue weighted by Gasteiger charge is -2.00. The van der Waals surface area contributed by atoms with Crippen molar-refractivity contribution in [3.63, 3.8) is 0 Å². The molecule has 1 saturated carbocycles. The van der Waals surface area contributed by atoms with Crippen LogP contribution in [0.5, 0.6) is 0 Å². The Labute approximate surface area is 110 Å². The van der Waals surface area contributed by atoms with Crippen LogP contribution in [0.1, 0.15) is 29.5 Å². The second kappa shape index (κ2) is 5.64. The minimum absolute atomic E-state index is 0. The van der Waals surface area contributed by atoms with Crippen molar-refractivity contribution < 1.29 is 0 Å². The maximum absolute atomic E-state index is 5.52. The molecule has 0 unspecified atom stereocenters. The fraction of sp³-hybridized carbons (Fsp3) is 0.556. The third-order valence-electron chi connectivity index (χ3n) is 2.23. The van der Waals surface area contributed by atoms with E-state index >= 15 is 0 Å². The van der Waals surface area contributed by atoms with Crippen LogP contribution in [0.25, 0.3) is 0 Å². The molecule has 0 radical (unpaired) electrons. The van der Waals surface area contributed by atoms with Gasteiger partial charge in [0.05, 0.1) is 12.2 Å². The summed E-state index contributed by atoms with van der Waals surface area (Å²) in [5, 5.41) is 6.23. The first-order valence-electron chi connectivity index (χ1n) is 4.70. The van der Waals surface area contributed by atoms with E-state index in [1.54, 1.807) is 18.4 Å². The molecule has 0 aliphatic heterocycles. The van der Waals surface area contributed by atoms with Crippen molar-refractivity contribution in [2.24, 2.45) is 10.7 Å². The molecule has 4 nitrogen and oxygen atoms in total. The van der Waals surface area contributed by atoms with Crippen LogP contribution in [0.4, 0.5) is 0 Å². The molecule has 2 rings (SSSR count). The maximum atomic E-state index is 5.52. The number of nitrogens with two attached hydrogens (primary N) is 1. The van der Waals surface area contributed by atoms with Gasteiger partial charge in [-0.25, -0.2) is 4.98 Å². The summed E-state index contributed by atoms with van der Waals surface area (Å²) in [5.74, 6) is 1.20. The number of rotatable bonds is 3. The molecule has 1 aromatic heterocycles. The molecule has 1 heterocycles. The van der Waals surface area contributed by atoms with E-state index in [9.17, 15) is 0 Å². The number of nitrogens with zero attached hydrogens (tertiary/aromatic N) is 2. The number of hydrogen-bond acceptors (Lipinski definition) is 3. The van der Waals surface area contributed by atoms with Crippen molar-refractivity contribution >= 4 is 41.3 Å². The summed E-state index contributed by atoms with van der Waals surface area (Å²) in [6.07, 6.45) is 2.60. The quantitative estimate of drug-likeness (QED) is 0.501. The van der Waals surface area contributed by atoms with Crippen molar-refractivity contribution in [2.75, 3.05) is 7.05 Å². The fourth-order valence-electron chi connectivity index (χ4n) is 1.22. The standard InChI is InChI=1S/C9H14N4S.HI/c1-11-9(10)12-4-8-13-7(5-14-8)6-2-3-6;/h5-6H,2-4H2,1H3,(H3,10,11,12);1H. The summed E-state index contributed by atoms with van der Waals surface area (Å²) in [6.45, 7) is 0.681. The van der Waals surface area contributed by atoms with Crippen molar-refractivity contribution in [3.8, 4) is 0 Å². The lowest BCUT2D eigenvalue weighted by molar-refractivity contribution is 0.873. The molecule has 1 aliphatic carbocycles. The van der Waals surface area contributed by atoms with Gasteiger partial charge in [0.1, 0.15) is 5.01 Å². The Morgan fingerprint density at radius 3 is 3.07 bits per heavy atom. The van der Waals surface area contributed by atoms with E-state index in [-0.39, 0.29) is 24.0 Å². The summed E-state index contributed by atoms with van der Waals surface area (Å²) in [5.41, 5.74) is 6.76. The van der Waals surface area contributed by atoms with Crippen LogP contribution in [-0.4, -0.2) is 18.0 Å². The fourth-order valence-corrected chi connectivity index (χ4v) is 2.03. The molecule has 6 heteroatoms. The largest absolute Gasteiger partial charge is 0.370 e. The van der Waals surface area contributed by atoms with Gasteiger partial charge in [-0.1, -0.05) is 0 Å². The van der Waals surface area contributed by atoms with Gasteiger partial charge in [0, 0.05) is 18.3 Å². The molecule has 0 amide bonds. The SMILES string of the molecule is CN=C(N)NCc1nc(C2CC2)cs1.I. The normalized spacial score (nSPS) is 15.9. The highest BCUT2D eigenvalue weighted by Crippen LogP contribution is 2.40. The lowest BCUT2D eigenvalue weighted by atomic mass is 10.3. The van der Waals surface area contributed by atoms with Gasteiger partial charge >= 0.3 is 0 Å². The zero-order chi connectivity index (χ0) is 9.97. The van der Waals surface area contributed by atoms with Crippen LogP contribution in [0.15, 0.2) is 10.4 Å². The molecule has 3 N–H and O–H groups in total. The first kappa shape index (κ1) is 12.7. The van der Waals surface area contributed by atoms with Crippen LogP contribution in [0.2, 0.25) is 0 Å². The molecule has 1 aromatic rings. The second-order valence-corrected chi connectivity index (χ2v) is 4.35. The van der Waals surface area contributed by atoms with Gasteiger partial charge in [-0.05, 0) is 12.8 Å². The van der Waals surface area contributed by atoms with Crippen LogP contribution in [0.3, 0.4) is 0 Å². The predicted octanol–water partition coefficient (Wildman–Crippen LogP) is 1.67.